The van der Waals surface area contributed by atoms with Crippen LogP contribution in [0.25, 0.3) is 10.9 Å². The van der Waals surface area contributed by atoms with E-state index in [4.69, 9.17) is 4.74 Å². The molecule has 0 aliphatic carbocycles. The Labute approximate surface area is 185 Å². The largest absolute Gasteiger partial charge is 0.445 e. The van der Waals surface area contributed by atoms with E-state index in [9.17, 15) is 9.59 Å². The number of rotatable bonds is 7. The molecule has 0 aliphatic rings. The minimum atomic E-state index is -0.847. The van der Waals surface area contributed by atoms with Gasteiger partial charge in [-0.05, 0) is 41.8 Å². The first kappa shape index (κ1) is 21.1. The van der Waals surface area contributed by atoms with E-state index in [0.717, 1.165) is 27.6 Å². The van der Waals surface area contributed by atoms with Crippen molar-refractivity contribution in [3.8, 4) is 0 Å². The molecule has 7 heteroatoms. The lowest BCUT2D eigenvalue weighted by atomic mass is 10.0. The van der Waals surface area contributed by atoms with Gasteiger partial charge in [-0.1, -0.05) is 48.5 Å². The summed E-state index contributed by atoms with van der Waals surface area (Å²) in [4.78, 5) is 32.9. The number of H-pyrrole nitrogens is 1. The van der Waals surface area contributed by atoms with Crippen molar-refractivity contribution in [2.75, 3.05) is 5.32 Å². The quantitative estimate of drug-likeness (QED) is 0.408. The highest BCUT2D eigenvalue weighted by Gasteiger charge is 2.24. The van der Waals surface area contributed by atoms with Gasteiger partial charge in [0, 0.05) is 29.7 Å². The van der Waals surface area contributed by atoms with Crippen molar-refractivity contribution < 1.29 is 14.3 Å². The molecule has 0 saturated heterocycles. The number of nitrogens with one attached hydrogen (secondary N) is 3. The Kier molecular flexibility index (Phi) is 6.46. The second-order valence-electron chi connectivity index (χ2n) is 7.53. The lowest BCUT2D eigenvalue weighted by molar-refractivity contribution is -0.118. The van der Waals surface area contributed by atoms with Crippen LogP contribution in [-0.2, 0) is 22.6 Å². The molecule has 0 spiro atoms. The van der Waals surface area contributed by atoms with Crippen molar-refractivity contribution in [1.82, 2.24) is 15.3 Å². The van der Waals surface area contributed by atoms with E-state index in [0.29, 0.717) is 12.2 Å². The molecule has 2 aromatic carbocycles. The average Bonchev–Trinajstić information content (AvgIpc) is 3.21. The van der Waals surface area contributed by atoms with E-state index in [1.807, 2.05) is 73.8 Å². The Hall–Kier alpha value is -4.13. The number of hydrogen-bond donors (Lipinski definition) is 3. The molecule has 0 radical (unpaired) electrons. The number of carbonyl (C=O) groups excluding carboxylic acids is 2. The number of aryl methyl sites for hydroxylation is 1. The molecular formula is C25H24N4O3. The van der Waals surface area contributed by atoms with Gasteiger partial charge in [-0.15, -0.1) is 0 Å². The van der Waals surface area contributed by atoms with E-state index >= 15 is 0 Å². The van der Waals surface area contributed by atoms with Crippen molar-refractivity contribution >= 4 is 28.7 Å². The molecular weight excluding hydrogens is 404 g/mol. The number of benzene rings is 2. The van der Waals surface area contributed by atoms with Gasteiger partial charge in [-0.2, -0.15) is 0 Å². The molecule has 3 N–H and O–H groups in total. The van der Waals surface area contributed by atoms with E-state index in [1.165, 1.54) is 0 Å². The van der Waals surface area contributed by atoms with Crippen molar-refractivity contribution in [3.05, 3.63) is 95.8 Å². The first-order valence-electron chi connectivity index (χ1n) is 10.3. The number of amides is 2. The molecule has 0 aliphatic heterocycles. The van der Waals surface area contributed by atoms with Crippen LogP contribution in [0, 0.1) is 6.92 Å². The first-order chi connectivity index (χ1) is 15.6. The molecule has 0 saturated carbocycles. The maximum atomic E-state index is 13.1. The topological polar surface area (TPSA) is 96.1 Å². The van der Waals surface area contributed by atoms with E-state index in [-0.39, 0.29) is 12.5 Å². The van der Waals surface area contributed by atoms with Crippen LogP contribution in [0.5, 0.6) is 0 Å². The zero-order chi connectivity index (χ0) is 22.3. The SMILES string of the molecule is Cc1ccnc(NC(=O)[C@H](Cc2c[nH]c3ccccc23)NC(=O)OCc2ccccc2)c1. The summed E-state index contributed by atoms with van der Waals surface area (Å²) in [5, 5.41) is 6.50. The fourth-order valence-electron chi connectivity index (χ4n) is 3.45. The second-order valence-corrected chi connectivity index (χ2v) is 7.53. The van der Waals surface area contributed by atoms with Crippen molar-refractivity contribution in [1.29, 1.82) is 0 Å². The van der Waals surface area contributed by atoms with Crippen molar-refractivity contribution in [3.63, 3.8) is 0 Å². The number of alkyl carbamates (subject to hydrolysis) is 1. The van der Waals surface area contributed by atoms with Gasteiger partial charge in [-0.25, -0.2) is 9.78 Å². The highest BCUT2D eigenvalue weighted by atomic mass is 16.5. The van der Waals surface area contributed by atoms with Gasteiger partial charge in [0.15, 0.2) is 0 Å². The van der Waals surface area contributed by atoms with E-state index in [1.54, 1.807) is 12.3 Å². The molecule has 2 aromatic heterocycles. The summed E-state index contributed by atoms with van der Waals surface area (Å²) in [6.07, 6.45) is 3.11. The maximum absolute atomic E-state index is 13.1. The Bertz CT molecular complexity index is 1220. The van der Waals surface area contributed by atoms with Gasteiger partial charge in [-0.3, -0.25) is 4.79 Å². The lowest BCUT2D eigenvalue weighted by Gasteiger charge is -2.18. The molecule has 2 amide bonds. The van der Waals surface area contributed by atoms with Gasteiger partial charge in [0.25, 0.3) is 0 Å². The summed E-state index contributed by atoms with van der Waals surface area (Å²) in [7, 11) is 0. The normalized spacial score (nSPS) is 11.7. The van der Waals surface area contributed by atoms with E-state index < -0.39 is 12.1 Å². The molecule has 4 aromatic rings. The van der Waals surface area contributed by atoms with Crippen LogP contribution in [0.1, 0.15) is 16.7 Å². The molecule has 2 heterocycles. The highest BCUT2D eigenvalue weighted by molar-refractivity contribution is 5.96. The predicted octanol–water partition coefficient (Wildman–Crippen LogP) is 4.35. The molecule has 7 nitrogen and oxygen atoms in total. The number of ether oxygens (including phenoxy) is 1. The fraction of sp³-hybridized carbons (Fsp3) is 0.160. The zero-order valence-corrected chi connectivity index (χ0v) is 17.7. The number of hydrogen-bond acceptors (Lipinski definition) is 4. The lowest BCUT2D eigenvalue weighted by Crippen LogP contribution is -2.45. The number of anilines is 1. The third-order valence-corrected chi connectivity index (χ3v) is 5.09. The van der Waals surface area contributed by atoms with Gasteiger partial charge in [0.05, 0.1) is 0 Å². The minimum absolute atomic E-state index is 0.119. The summed E-state index contributed by atoms with van der Waals surface area (Å²) in [5.41, 5.74) is 3.72. The summed E-state index contributed by atoms with van der Waals surface area (Å²) in [6.45, 7) is 2.04. The fourth-order valence-corrected chi connectivity index (χ4v) is 3.45. The number of pyridine rings is 1. The van der Waals surface area contributed by atoms with Crippen LogP contribution < -0.4 is 10.6 Å². The van der Waals surface area contributed by atoms with E-state index in [2.05, 4.69) is 20.6 Å². The second kappa shape index (κ2) is 9.78. The van der Waals surface area contributed by atoms with Crippen LogP contribution in [0.15, 0.2) is 79.1 Å². The smallest absolute Gasteiger partial charge is 0.408 e. The predicted molar refractivity (Wildman–Crippen MR) is 123 cm³/mol. The molecule has 1 atom stereocenters. The number of carbonyl (C=O) groups is 2. The van der Waals surface area contributed by atoms with Crippen molar-refractivity contribution in [2.24, 2.45) is 0 Å². The highest BCUT2D eigenvalue weighted by Crippen LogP contribution is 2.20. The van der Waals surface area contributed by atoms with Gasteiger partial charge in [0.1, 0.15) is 18.5 Å². The van der Waals surface area contributed by atoms with Gasteiger partial charge in [0.2, 0.25) is 5.91 Å². The number of aromatic nitrogens is 2. The van der Waals surface area contributed by atoms with Crippen LogP contribution in [0.3, 0.4) is 0 Å². The first-order valence-corrected chi connectivity index (χ1v) is 10.3. The summed E-state index contributed by atoms with van der Waals surface area (Å²) in [5.74, 6) is 0.0587. The maximum Gasteiger partial charge on any atom is 0.408 e. The summed E-state index contributed by atoms with van der Waals surface area (Å²) in [6, 6.07) is 20.0. The Morgan fingerprint density at radius 2 is 1.84 bits per heavy atom. The number of para-hydroxylation sites is 1. The molecule has 4 rings (SSSR count). The molecule has 0 fully saturated rings. The van der Waals surface area contributed by atoms with Gasteiger partial charge < -0.3 is 20.4 Å². The molecule has 32 heavy (non-hydrogen) atoms. The van der Waals surface area contributed by atoms with Crippen LogP contribution in [0.2, 0.25) is 0 Å². The molecule has 162 valence electrons. The minimum Gasteiger partial charge on any atom is -0.445 e. The summed E-state index contributed by atoms with van der Waals surface area (Å²) < 4.78 is 5.33. The van der Waals surface area contributed by atoms with Crippen LogP contribution in [-0.4, -0.2) is 28.0 Å². The number of aromatic amines is 1. The number of nitrogens with zero attached hydrogens (tertiary/aromatic N) is 1. The third kappa shape index (κ3) is 5.31. The Morgan fingerprint density at radius 3 is 2.66 bits per heavy atom. The summed E-state index contributed by atoms with van der Waals surface area (Å²) >= 11 is 0. The molecule has 0 unspecified atom stereocenters. The van der Waals surface area contributed by atoms with Crippen molar-refractivity contribution in [2.45, 2.75) is 26.0 Å². The van der Waals surface area contributed by atoms with Gasteiger partial charge >= 0.3 is 6.09 Å². The third-order valence-electron chi connectivity index (χ3n) is 5.09. The monoisotopic (exact) mass is 428 g/mol. The molecule has 0 bridgehead atoms. The average molecular weight is 428 g/mol. The van der Waals surface area contributed by atoms with Crippen LogP contribution >= 0.6 is 0 Å². The zero-order valence-electron chi connectivity index (χ0n) is 17.7. The standard InChI is InChI=1S/C25H24N4O3/c1-17-11-12-26-23(13-17)29-24(30)22(14-19-15-27-21-10-6-5-9-20(19)21)28-25(31)32-16-18-7-3-2-4-8-18/h2-13,15,22,27H,14,16H2,1H3,(H,28,31)(H,26,29,30)/t22-/m0/s1. The Balaban J connectivity index is 1.50. The Morgan fingerprint density at radius 1 is 1.06 bits per heavy atom. The number of fused-ring (bicyclic) bond motifs is 1. The van der Waals surface area contributed by atoms with Crippen LogP contribution in [0.4, 0.5) is 10.6 Å².